The van der Waals surface area contributed by atoms with Crippen molar-refractivity contribution in [3.63, 3.8) is 0 Å². The van der Waals surface area contributed by atoms with Gasteiger partial charge in [-0.2, -0.15) is 0 Å². The summed E-state index contributed by atoms with van der Waals surface area (Å²) in [5.41, 5.74) is 5.49. The van der Waals surface area contributed by atoms with Gasteiger partial charge in [-0.15, -0.1) is 0 Å². The van der Waals surface area contributed by atoms with E-state index in [0.717, 1.165) is 0 Å². The Morgan fingerprint density at radius 1 is 1.90 bits per heavy atom. The zero-order valence-corrected chi connectivity index (χ0v) is 5.42. The Labute approximate surface area is 57.2 Å². The van der Waals surface area contributed by atoms with Crippen LogP contribution in [0.4, 0.5) is 5.88 Å². The lowest BCUT2D eigenvalue weighted by atomic mass is 10.3. The lowest BCUT2D eigenvalue weighted by Gasteiger charge is -1.92. The number of nitrogens with zero attached hydrogens (tertiary/aromatic N) is 1. The molecular weight excluding hydrogens is 134 g/mol. The predicted octanol–water partition coefficient (Wildman–Crippen LogP) is -0.384. The van der Waals surface area contributed by atoms with E-state index >= 15 is 0 Å². The van der Waals surface area contributed by atoms with Gasteiger partial charge in [0.25, 0.3) is 5.91 Å². The first-order valence-electron chi connectivity index (χ1n) is 2.68. The fraction of sp³-hybridized carbons (Fsp3) is 0.200. The van der Waals surface area contributed by atoms with Crippen LogP contribution in [-0.4, -0.2) is 18.1 Å². The molecule has 0 aliphatic rings. The number of hydrogen-bond acceptors (Lipinski definition) is 4. The third-order valence-electron chi connectivity index (χ3n) is 1.07. The van der Waals surface area contributed by atoms with Crippen molar-refractivity contribution in [2.45, 2.75) is 0 Å². The minimum Gasteiger partial charge on any atom is -0.367 e. The molecule has 1 heterocycles. The molecule has 0 saturated carbocycles. The fourth-order valence-corrected chi connectivity index (χ4v) is 0.554. The molecule has 3 N–H and O–H groups in total. The van der Waals surface area contributed by atoms with Crippen LogP contribution in [0, 0.1) is 0 Å². The van der Waals surface area contributed by atoms with Crippen LogP contribution >= 0.6 is 0 Å². The Hall–Kier alpha value is -1.52. The van der Waals surface area contributed by atoms with Gasteiger partial charge in [0.2, 0.25) is 5.88 Å². The van der Waals surface area contributed by atoms with Crippen molar-refractivity contribution in [1.29, 1.82) is 0 Å². The standard InChI is InChI=1S/C5H7N3O2/c1-7-5(9)3-2-8-10-4(3)6/h2H,6H2,1H3,(H,7,9). The minimum absolute atomic E-state index is 0.0411. The molecule has 0 unspecified atom stereocenters. The van der Waals surface area contributed by atoms with Crippen molar-refractivity contribution in [2.24, 2.45) is 0 Å². The predicted molar refractivity (Wildman–Crippen MR) is 34.3 cm³/mol. The van der Waals surface area contributed by atoms with Crippen molar-refractivity contribution in [3.8, 4) is 0 Å². The quantitative estimate of drug-likeness (QED) is 0.558. The molecule has 0 atom stereocenters. The summed E-state index contributed by atoms with van der Waals surface area (Å²) in [5.74, 6) is -0.252. The van der Waals surface area contributed by atoms with Gasteiger partial charge >= 0.3 is 0 Å². The highest BCUT2D eigenvalue weighted by Crippen LogP contribution is 2.07. The lowest BCUT2D eigenvalue weighted by Crippen LogP contribution is -2.18. The summed E-state index contributed by atoms with van der Waals surface area (Å²) in [4.78, 5) is 10.8. The van der Waals surface area contributed by atoms with Crippen LogP contribution in [0.3, 0.4) is 0 Å². The van der Waals surface area contributed by atoms with Gasteiger partial charge in [0, 0.05) is 7.05 Å². The monoisotopic (exact) mass is 141 g/mol. The van der Waals surface area contributed by atoms with E-state index in [2.05, 4.69) is 15.0 Å². The maximum absolute atomic E-state index is 10.8. The number of nitrogens with two attached hydrogens (primary N) is 1. The maximum atomic E-state index is 10.8. The number of rotatable bonds is 1. The van der Waals surface area contributed by atoms with E-state index in [4.69, 9.17) is 5.73 Å². The zero-order valence-electron chi connectivity index (χ0n) is 5.42. The molecule has 54 valence electrons. The van der Waals surface area contributed by atoms with Crippen LogP contribution in [-0.2, 0) is 0 Å². The zero-order chi connectivity index (χ0) is 7.56. The highest BCUT2D eigenvalue weighted by atomic mass is 16.5. The molecule has 1 aromatic rings. The number of amides is 1. The number of nitrogens with one attached hydrogen (secondary N) is 1. The van der Waals surface area contributed by atoms with E-state index in [1.54, 1.807) is 0 Å². The van der Waals surface area contributed by atoms with E-state index < -0.39 is 0 Å². The van der Waals surface area contributed by atoms with Crippen molar-refractivity contribution in [1.82, 2.24) is 10.5 Å². The Morgan fingerprint density at radius 2 is 2.60 bits per heavy atom. The lowest BCUT2D eigenvalue weighted by molar-refractivity contribution is 0.0963. The summed E-state index contributed by atoms with van der Waals surface area (Å²) in [5, 5.41) is 5.72. The SMILES string of the molecule is CNC(=O)c1cnoc1N. The van der Waals surface area contributed by atoms with Gasteiger partial charge in [-0.05, 0) is 0 Å². The summed E-state index contributed by atoms with van der Waals surface area (Å²) >= 11 is 0. The molecule has 0 saturated heterocycles. The summed E-state index contributed by atoms with van der Waals surface area (Å²) in [6, 6.07) is 0. The highest BCUT2D eigenvalue weighted by molar-refractivity contribution is 5.97. The van der Waals surface area contributed by atoms with Crippen molar-refractivity contribution in [2.75, 3.05) is 12.8 Å². The molecule has 0 radical (unpaired) electrons. The summed E-state index contributed by atoms with van der Waals surface area (Å²) in [6.07, 6.45) is 1.27. The topological polar surface area (TPSA) is 81.2 Å². The van der Waals surface area contributed by atoms with Crippen LogP contribution < -0.4 is 11.1 Å². The third kappa shape index (κ3) is 0.928. The molecule has 1 rings (SSSR count). The Balaban J connectivity index is 2.93. The molecule has 1 amide bonds. The number of hydrogen-bond donors (Lipinski definition) is 2. The molecular formula is C5H7N3O2. The molecule has 5 heteroatoms. The van der Waals surface area contributed by atoms with Gasteiger partial charge in [-0.25, -0.2) is 0 Å². The molecule has 0 bridgehead atoms. The van der Waals surface area contributed by atoms with Crippen LogP contribution in [0.1, 0.15) is 10.4 Å². The molecule has 0 aliphatic carbocycles. The Bertz CT molecular complexity index is 243. The number of carbonyl (C=O) groups is 1. The first-order chi connectivity index (χ1) is 4.75. The minimum atomic E-state index is -0.293. The third-order valence-corrected chi connectivity index (χ3v) is 1.07. The average Bonchev–Trinajstić information content (AvgIpc) is 2.34. The Morgan fingerprint density at radius 3 is 3.00 bits per heavy atom. The second kappa shape index (κ2) is 2.38. The van der Waals surface area contributed by atoms with Crippen LogP contribution in [0.5, 0.6) is 0 Å². The van der Waals surface area contributed by atoms with E-state index in [0.29, 0.717) is 0 Å². The first-order valence-corrected chi connectivity index (χ1v) is 2.68. The Kier molecular flexibility index (Phi) is 1.57. The van der Waals surface area contributed by atoms with Gasteiger partial charge in [0.15, 0.2) is 0 Å². The van der Waals surface area contributed by atoms with Gasteiger partial charge in [-0.3, -0.25) is 4.79 Å². The number of anilines is 1. The molecule has 10 heavy (non-hydrogen) atoms. The summed E-state index contributed by atoms with van der Waals surface area (Å²) in [7, 11) is 1.51. The molecule has 0 spiro atoms. The van der Waals surface area contributed by atoms with Gasteiger partial charge < -0.3 is 15.6 Å². The van der Waals surface area contributed by atoms with Gasteiger partial charge in [-0.1, -0.05) is 5.16 Å². The van der Waals surface area contributed by atoms with Crippen LogP contribution in [0.15, 0.2) is 10.7 Å². The highest BCUT2D eigenvalue weighted by Gasteiger charge is 2.10. The van der Waals surface area contributed by atoms with Crippen molar-refractivity contribution < 1.29 is 9.32 Å². The normalized spacial score (nSPS) is 9.30. The molecule has 0 aliphatic heterocycles. The van der Waals surface area contributed by atoms with Crippen LogP contribution in [0.2, 0.25) is 0 Å². The number of nitrogen functional groups attached to an aromatic ring is 1. The van der Waals surface area contributed by atoms with Crippen molar-refractivity contribution in [3.05, 3.63) is 11.8 Å². The molecule has 5 nitrogen and oxygen atoms in total. The van der Waals surface area contributed by atoms with Crippen molar-refractivity contribution >= 4 is 11.8 Å². The van der Waals surface area contributed by atoms with Gasteiger partial charge in [0.05, 0.1) is 6.20 Å². The van der Waals surface area contributed by atoms with E-state index in [1.165, 1.54) is 13.2 Å². The summed E-state index contributed by atoms with van der Waals surface area (Å²) < 4.78 is 4.45. The summed E-state index contributed by atoms with van der Waals surface area (Å²) in [6.45, 7) is 0. The fourth-order valence-electron chi connectivity index (χ4n) is 0.554. The van der Waals surface area contributed by atoms with E-state index in [9.17, 15) is 4.79 Å². The average molecular weight is 141 g/mol. The first kappa shape index (κ1) is 6.60. The second-order valence-electron chi connectivity index (χ2n) is 1.68. The van der Waals surface area contributed by atoms with Gasteiger partial charge in [0.1, 0.15) is 5.56 Å². The van der Waals surface area contributed by atoms with E-state index in [-0.39, 0.29) is 17.4 Å². The largest absolute Gasteiger partial charge is 0.367 e. The maximum Gasteiger partial charge on any atom is 0.258 e. The smallest absolute Gasteiger partial charge is 0.258 e. The van der Waals surface area contributed by atoms with E-state index in [1.807, 2.05) is 0 Å². The number of carbonyl (C=O) groups excluding carboxylic acids is 1. The van der Waals surface area contributed by atoms with Crippen LogP contribution in [0.25, 0.3) is 0 Å². The molecule has 1 aromatic heterocycles. The molecule has 0 fully saturated rings. The second-order valence-corrected chi connectivity index (χ2v) is 1.68. The number of aromatic nitrogens is 1. The molecule has 0 aromatic carbocycles.